The van der Waals surface area contributed by atoms with E-state index in [1.807, 2.05) is 0 Å². The lowest BCUT2D eigenvalue weighted by Gasteiger charge is -2.22. The third-order valence-electron chi connectivity index (χ3n) is 4.36. The number of amides is 1. The minimum absolute atomic E-state index is 0.376. The predicted octanol–water partition coefficient (Wildman–Crippen LogP) is 2.17. The molecule has 2 unspecified atom stereocenters. The van der Waals surface area contributed by atoms with Crippen molar-refractivity contribution in [1.82, 2.24) is 10.2 Å². The lowest BCUT2D eigenvalue weighted by atomic mass is 9.98. The first-order valence-corrected chi connectivity index (χ1v) is 7.30. The quantitative estimate of drug-likeness (QED) is 0.817. The Bertz CT molecular complexity index is 249. The van der Waals surface area contributed by atoms with Gasteiger partial charge in [0.25, 0.3) is 0 Å². The maximum Gasteiger partial charge on any atom is 0.224 e. The number of likely N-dealkylation sites (tertiary alicyclic amines) is 1. The Hall–Kier alpha value is -0.570. The minimum atomic E-state index is 0.376. The summed E-state index contributed by atoms with van der Waals surface area (Å²) in [5.41, 5.74) is 0. The molecule has 3 heteroatoms. The molecule has 2 fully saturated rings. The number of carbonyl (C=O) groups is 1. The molecule has 2 heterocycles. The van der Waals surface area contributed by atoms with Crippen molar-refractivity contribution >= 4 is 5.91 Å². The Morgan fingerprint density at radius 1 is 1.24 bits per heavy atom. The number of carbonyl (C=O) groups excluding carboxylic acids is 1. The van der Waals surface area contributed by atoms with Gasteiger partial charge in [-0.15, -0.1) is 0 Å². The van der Waals surface area contributed by atoms with E-state index in [-0.39, 0.29) is 0 Å². The molecule has 0 aromatic carbocycles. The van der Waals surface area contributed by atoms with Crippen molar-refractivity contribution in [3.63, 3.8) is 0 Å². The Morgan fingerprint density at radius 2 is 2.12 bits per heavy atom. The van der Waals surface area contributed by atoms with Crippen LogP contribution >= 0.6 is 0 Å². The fraction of sp³-hybridized carbons (Fsp3) is 0.929. The van der Waals surface area contributed by atoms with Gasteiger partial charge in [0.2, 0.25) is 5.91 Å². The van der Waals surface area contributed by atoms with Gasteiger partial charge in [0.15, 0.2) is 0 Å². The summed E-state index contributed by atoms with van der Waals surface area (Å²) in [6.45, 7) is 5.34. The van der Waals surface area contributed by atoms with Crippen LogP contribution in [0.3, 0.4) is 0 Å². The van der Waals surface area contributed by atoms with Crippen LogP contribution in [0.4, 0.5) is 0 Å². The van der Waals surface area contributed by atoms with Gasteiger partial charge in [0, 0.05) is 25.6 Å². The van der Waals surface area contributed by atoms with E-state index in [0.717, 1.165) is 32.0 Å². The molecule has 17 heavy (non-hydrogen) atoms. The molecule has 2 rings (SSSR count). The summed E-state index contributed by atoms with van der Waals surface area (Å²) >= 11 is 0. The zero-order valence-electron chi connectivity index (χ0n) is 11.1. The Morgan fingerprint density at radius 3 is 2.82 bits per heavy atom. The molecule has 0 saturated carbocycles. The molecule has 2 aliphatic rings. The molecular formula is C14H26N2O. The summed E-state index contributed by atoms with van der Waals surface area (Å²) in [7, 11) is 0. The Labute approximate surface area is 105 Å². The number of rotatable bonds is 3. The third-order valence-corrected chi connectivity index (χ3v) is 4.36. The molecule has 0 bridgehead atoms. The molecule has 3 nitrogen and oxygen atoms in total. The summed E-state index contributed by atoms with van der Waals surface area (Å²) in [5.74, 6) is 1.22. The highest BCUT2D eigenvalue weighted by molar-refractivity contribution is 5.76. The van der Waals surface area contributed by atoms with Gasteiger partial charge in [-0.1, -0.05) is 13.3 Å². The van der Waals surface area contributed by atoms with Crippen molar-refractivity contribution in [1.29, 1.82) is 0 Å². The van der Waals surface area contributed by atoms with Gasteiger partial charge in [-0.05, 0) is 44.6 Å². The summed E-state index contributed by atoms with van der Waals surface area (Å²) in [5, 5.41) is 3.41. The average molecular weight is 238 g/mol. The second kappa shape index (κ2) is 6.39. The van der Waals surface area contributed by atoms with Crippen LogP contribution in [0, 0.1) is 5.92 Å². The number of hydrogen-bond acceptors (Lipinski definition) is 2. The van der Waals surface area contributed by atoms with Crippen LogP contribution < -0.4 is 5.32 Å². The van der Waals surface area contributed by atoms with E-state index >= 15 is 0 Å². The molecule has 2 saturated heterocycles. The second-order valence-corrected chi connectivity index (χ2v) is 5.58. The minimum Gasteiger partial charge on any atom is -0.343 e. The van der Waals surface area contributed by atoms with Gasteiger partial charge in [0.1, 0.15) is 0 Å². The van der Waals surface area contributed by atoms with Gasteiger partial charge in [-0.25, -0.2) is 0 Å². The van der Waals surface area contributed by atoms with Gasteiger partial charge in [-0.2, -0.15) is 0 Å². The molecule has 0 aromatic heterocycles. The highest BCUT2D eigenvalue weighted by atomic mass is 16.2. The van der Waals surface area contributed by atoms with Crippen molar-refractivity contribution in [2.75, 3.05) is 19.6 Å². The third kappa shape index (κ3) is 3.70. The highest BCUT2D eigenvalue weighted by Gasteiger charge is 2.23. The fourth-order valence-corrected chi connectivity index (χ4v) is 3.09. The largest absolute Gasteiger partial charge is 0.343 e. The molecule has 1 amide bonds. The molecule has 0 aromatic rings. The SMILES string of the molecule is CCC1CCCN(C(=O)CC2CCCN2)CC1. The summed E-state index contributed by atoms with van der Waals surface area (Å²) in [4.78, 5) is 14.3. The van der Waals surface area contributed by atoms with Crippen molar-refractivity contribution in [3.05, 3.63) is 0 Å². The van der Waals surface area contributed by atoms with Crippen LogP contribution in [0.15, 0.2) is 0 Å². The van der Waals surface area contributed by atoms with Crippen LogP contribution in [0.5, 0.6) is 0 Å². The summed E-state index contributed by atoms with van der Waals surface area (Å²) < 4.78 is 0. The van der Waals surface area contributed by atoms with Crippen molar-refractivity contribution in [2.24, 2.45) is 5.92 Å². The molecule has 1 N–H and O–H groups in total. The van der Waals surface area contributed by atoms with E-state index in [1.165, 1.54) is 38.5 Å². The zero-order valence-corrected chi connectivity index (χ0v) is 11.1. The average Bonchev–Trinajstić information content (AvgIpc) is 2.71. The van der Waals surface area contributed by atoms with E-state index in [0.29, 0.717) is 11.9 Å². The number of nitrogens with one attached hydrogen (secondary N) is 1. The smallest absolute Gasteiger partial charge is 0.224 e. The fourth-order valence-electron chi connectivity index (χ4n) is 3.09. The normalized spacial score (nSPS) is 30.3. The van der Waals surface area contributed by atoms with Crippen LogP contribution in [0.25, 0.3) is 0 Å². The Balaban J connectivity index is 1.78. The zero-order chi connectivity index (χ0) is 12.1. The van der Waals surface area contributed by atoms with Gasteiger partial charge >= 0.3 is 0 Å². The van der Waals surface area contributed by atoms with Crippen molar-refractivity contribution in [2.45, 2.75) is 57.9 Å². The monoisotopic (exact) mass is 238 g/mol. The first kappa shape index (κ1) is 12.9. The summed E-state index contributed by atoms with van der Waals surface area (Å²) in [6, 6.07) is 0.452. The maximum atomic E-state index is 12.2. The van der Waals surface area contributed by atoms with Gasteiger partial charge in [0.05, 0.1) is 0 Å². The molecule has 2 aliphatic heterocycles. The van der Waals surface area contributed by atoms with Crippen LogP contribution in [0.1, 0.15) is 51.9 Å². The second-order valence-electron chi connectivity index (χ2n) is 5.58. The molecule has 0 aliphatic carbocycles. The van der Waals surface area contributed by atoms with Crippen LogP contribution in [-0.4, -0.2) is 36.5 Å². The predicted molar refractivity (Wildman–Crippen MR) is 69.9 cm³/mol. The Kier molecular flexibility index (Phi) is 4.84. The van der Waals surface area contributed by atoms with E-state index < -0.39 is 0 Å². The molecule has 2 atom stereocenters. The lowest BCUT2D eigenvalue weighted by molar-refractivity contribution is -0.131. The molecule has 0 spiro atoms. The maximum absolute atomic E-state index is 12.2. The molecule has 98 valence electrons. The highest BCUT2D eigenvalue weighted by Crippen LogP contribution is 2.21. The van der Waals surface area contributed by atoms with E-state index in [9.17, 15) is 4.79 Å². The summed E-state index contributed by atoms with van der Waals surface area (Å²) in [6.07, 6.45) is 8.11. The van der Waals surface area contributed by atoms with Crippen LogP contribution in [0.2, 0.25) is 0 Å². The topological polar surface area (TPSA) is 32.3 Å². The van der Waals surface area contributed by atoms with E-state index in [4.69, 9.17) is 0 Å². The van der Waals surface area contributed by atoms with Crippen molar-refractivity contribution in [3.8, 4) is 0 Å². The van der Waals surface area contributed by atoms with E-state index in [2.05, 4.69) is 17.1 Å². The van der Waals surface area contributed by atoms with Crippen molar-refractivity contribution < 1.29 is 4.79 Å². The first-order chi connectivity index (χ1) is 8.29. The van der Waals surface area contributed by atoms with Gasteiger partial charge < -0.3 is 10.2 Å². The van der Waals surface area contributed by atoms with E-state index in [1.54, 1.807) is 0 Å². The number of nitrogens with zero attached hydrogens (tertiary/aromatic N) is 1. The molecular weight excluding hydrogens is 212 g/mol. The number of hydrogen-bond donors (Lipinski definition) is 1. The van der Waals surface area contributed by atoms with Crippen LogP contribution in [-0.2, 0) is 4.79 Å². The molecule has 0 radical (unpaired) electrons. The first-order valence-electron chi connectivity index (χ1n) is 7.30. The standard InChI is InChI=1S/C14H26N2O/c1-2-12-5-4-9-16(10-7-12)14(17)11-13-6-3-8-15-13/h12-13,15H,2-11H2,1H3. The lowest BCUT2D eigenvalue weighted by Crippen LogP contribution is -2.36. The van der Waals surface area contributed by atoms with Gasteiger partial charge in [-0.3, -0.25) is 4.79 Å².